The van der Waals surface area contributed by atoms with Crippen LogP contribution in [0.15, 0.2) is 49.2 Å². The zero-order valence-corrected chi connectivity index (χ0v) is 19.4. The van der Waals surface area contributed by atoms with Gasteiger partial charge in [-0.15, -0.1) is 0 Å². The monoisotopic (exact) mass is 476 g/mol. The molecule has 3 aromatic heterocycles. The molecule has 1 atom stereocenters. The molecule has 4 heterocycles. The van der Waals surface area contributed by atoms with Gasteiger partial charge < -0.3 is 15.5 Å². The Morgan fingerprint density at radius 1 is 1.11 bits per heavy atom. The number of aromatic nitrogens is 5. The topological polar surface area (TPSA) is 109 Å². The molecule has 1 fully saturated rings. The van der Waals surface area contributed by atoms with Crippen LogP contribution in [0.25, 0.3) is 16.8 Å². The molecule has 5 rings (SSSR count). The third kappa shape index (κ3) is 4.76. The van der Waals surface area contributed by atoms with Crippen LogP contribution in [-0.2, 0) is 11.8 Å². The highest BCUT2D eigenvalue weighted by molar-refractivity contribution is 6.09. The van der Waals surface area contributed by atoms with Gasteiger partial charge in [0.15, 0.2) is 0 Å². The Labute approximate surface area is 200 Å². The summed E-state index contributed by atoms with van der Waals surface area (Å²) in [5, 5.41) is 13.8. The number of benzene rings is 1. The van der Waals surface area contributed by atoms with Crippen molar-refractivity contribution in [3.05, 3.63) is 60.6 Å². The molecule has 2 N–H and O–H groups in total. The first-order valence-electron chi connectivity index (χ1n) is 11.3. The largest absolute Gasteiger partial charge is 0.326 e. The van der Waals surface area contributed by atoms with Crippen molar-refractivity contribution in [2.45, 2.75) is 25.3 Å². The molecule has 1 aliphatic rings. The Balaban J connectivity index is 1.30. The lowest BCUT2D eigenvalue weighted by molar-refractivity contribution is -0.117. The van der Waals surface area contributed by atoms with E-state index in [0.717, 1.165) is 24.9 Å². The van der Waals surface area contributed by atoms with E-state index in [1.54, 1.807) is 17.1 Å². The lowest BCUT2D eigenvalue weighted by Crippen LogP contribution is -2.29. The van der Waals surface area contributed by atoms with Crippen LogP contribution in [0, 0.1) is 5.82 Å². The minimum absolute atomic E-state index is 0.0370. The van der Waals surface area contributed by atoms with Gasteiger partial charge in [0, 0.05) is 37.0 Å². The zero-order chi connectivity index (χ0) is 24.5. The van der Waals surface area contributed by atoms with Crippen LogP contribution in [0.1, 0.15) is 29.6 Å². The zero-order valence-electron chi connectivity index (χ0n) is 19.4. The first kappa shape index (κ1) is 22.7. The maximum absolute atomic E-state index is 14.5. The Bertz CT molecular complexity index is 1410. The highest BCUT2D eigenvalue weighted by Gasteiger charge is 2.23. The van der Waals surface area contributed by atoms with E-state index < -0.39 is 11.7 Å². The second-order valence-corrected chi connectivity index (χ2v) is 8.74. The van der Waals surface area contributed by atoms with Gasteiger partial charge in [-0.3, -0.25) is 19.3 Å². The number of nitrogens with one attached hydrogen (secondary N) is 2. The summed E-state index contributed by atoms with van der Waals surface area (Å²) in [6.45, 7) is 0.981. The molecule has 1 saturated heterocycles. The van der Waals surface area contributed by atoms with Crippen LogP contribution in [-0.4, -0.2) is 60.7 Å². The Kier molecular flexibility index (Phi) is 6.00. The number of anilines is 2. The third-order valence-electron chi connectivity index (χ3n) is 6.24. The Morgan fingerprint density at radius 2 is 1.97 bits per heavy atom. The molecule has 0 radical (unpaired) electrons. The number of carbonyl (C=O) groups is 2. The van der Waals surface area contributed by atoms with E-state index in [9.17, 15) is 14.0 Å². The first-order chi connectivity index (χ1) is 16.9. The number of halogens is 1. The predicted molar refractivity (Wildman–Crippen MR) is 128 cm³/mol. The smallest absolute Gasteiger partial charge is 0.259 e. The average Bonchev–Trinajstić information content (AvgIpc) is 3.56. The molecule has 1 aromatic carbocycles. The fourth-order valence-corrected chi connectivity index (χ4v) is 4.31. The van der Waals surface area contributed by atoms with Crippen molar-refractivity contribution in [2.24, 2.45) is 7.05 Å². The third-order valence-corrected chi connectivity index (χ3v) is 6.24. The minimum Gasteiger partial charge on any atom is -0.326 e. The van der Waals surface area contributed by atoms with Gasteiger partial charge in [0.2, 0.25) is 5.91 Å². The SMILES string of the molecule is CN1CCC[C@H]1CC(=O)Nc1ccc(F)c(NC(=O)c2cnn3cc(-c4cnn(C)c4)ncc23)c1. The summed E-state index contributed by atoms with van der Waals surface area (Å²) in [5.41, 5.74) is 2.56. The summed E-state index contributed by atoms with van der Waals surface area (Å²) in [6, 6.07) is 4.30. The Hall–Kier alpha value is -4.12. The van der Waals surface area contributed by atoms with E-state index in [1.807, 2.05) is 20.3 Å². The fraction of sp³-hybridized carbons (Fsp3) is 0.292. The maximum Gasteiger partial charge on any atom is 0.259 e. The molecule has 1 aliphatic heterocycles. The van der Waals surface area contributed by atoms with Crippen molar-refractivity contribution in [3.63, 3.8) is 0 Å². The molecular formula is C24H25FN8O2. The highest BCUT2D eigenvalue weighted by Crippen LogP contribution is 2.24. The molecule has 0 bridgehead atoms. The van der Waals surface area contributed by atoms with Crippen LogP contribution in [0.5, 0.6) is 0 Å². The first-order valence-corrected chi connectivity index (χ1v) is 11.3. The van der Waals surface area contributed by atoms with E-state index in [-0.39, 0.29) is 23.2 Å². The van der Waals surface area contributed by atoms with Gasteiger partial charge >= 0.3 is 0 Å². The molecule has 0 spiro atoms. The summed E-state index contributed by atoms with van der Waals surface area (Å²) in [7, 11) is 3.82. The minimum atomic E-state index is -0.611. The van der Waals surface area contributed by atoms with Crippen molar-refractivity contribution in [1.29, 1.82) is 0 Å². The molecule has 10 nitrogen and oxygen atoms in total. The number of fused-ring (bicyclic) bond motifs is 1. The average molecular weight is 477 g/mol. The van der Waals surface area contributed by atoms with Gasteiger partial charge in [0.05, 0.1) is 47.2 Å². The molecule has 0 aliphatic carbocycles. The molecule has 4 aromatic rings. The molecule has 180 valence electrons. The highest BCUT2D eigenvalue weighted by atomic mass is 19.1. The van der Waals surface area contributed by atoms with Crippen molar-refractivity contribution in [1.82, 2.24) is 29.3 Å². The van der Waals surface area contributed by atoms with E-state index in [2.05, 4.69) is 30.7 Å². The summed E-state index contributed by atoms with van der Waals surface area (Å²) < 4.78 is 17.7. The van der Waals surface area contributed by atoms with Gasteiger partial charge in [-0.05, 0) is 44.6 Å². The van der Waals surface area contributed by atoms with E-state index in [4.69, 9.17) is 0 Å². The van der Waals surface area contributed by atoms with Gasteiger partial charge in [-0.25, -0.2) is 8.91 Å². The number of hydrogen-bond donors (Lipinski definition) is 2. The second-order valence-electron chi connectivity index (χ2n) is 8.74. The maximum atomic E-state index is 14.5. The molecule has 2 amide bonds. The van der Waals surface area contributed by atoms with E-state index in [0.29, 0.717) is 23.3 Å². The summed E-state index contributed by atoms with van der Waals surface area (Å²) in [5.74, 6) is -1.29. The second kappa shape index (κ2) is 9.26. The van der Waals surface area contributed by atoms with Crippen molar-refractivity contribution in [3.8, 4) is 11.3 Å². The number of hydrogen-bond acceptors (Lipinski definition) is 6. The van der Waals surface area contributed by atoms with Crippen molar-refractivity contribution < 1.29 is 14.0 Å². The van der Waals surface area contributed by atoms with Crippen molar-refractivity contribution in [2.75, 3.05) is 24.2 Å². The van der Waals surface area contributed by atoms with Gasteiger partial charge in [0.1, 0.15) is 5.82 Å². The Morgan fingerprint density at radius 3 is 2.71 bits per heavy atom. The molecule has 0 unspecified atom stereocenters. The summed E-state index contributed by atoms with van der Waals surface area (Å²) >= 11 is 0. The van der Waals surface area contributed by atoms with Crippen LogP contribution in [0.2, 0.25) is 0 Å². The number of likely N-dealkylation sites (tertiary alicyclic amines) is 1. The van der Waals surface area contributed by atoms with Crippen LogP contribution < -0.4 is 10.6 Å². The van der Waals surface area contributed by atoms with Gasteiger partial charge in [-0.2, -0.15) is 10.2 Å². The lowest BCUT2D eigenvalue weighted by atomic mass is 10.1. The number of amides is 2. The van der Waals surface area contributed by atoms with Crippen molar-refractivity contribution >= 4 is 28.7 Å². The lowest BCUT2D eigenvalue weighted by Gasteiger charge is -2.18. The summed E-state index contributed by atoms with van der Waals surface area (Å²) in [6.07, 6.45) is 10.6. The van der Waals surface area contributed by atoms with E-state index >= 15 is 0 Å². The molecule has 0 saturated carbocycles. The van der Waals surface area contributed by atoms with Crippen LogP contribution >= 0.6 is 0 Å². The number of aryl methyl sites for hydroxylation is 1. The molecular weight excluding hydrogens is 451 g/mol. The van der Waals surface area contributed by atoms with Gasteiger partial charge in [0.25, 0.3) is 5.91 Å². The molecule has 11 heteroatoms. The van der Waals surface area contributed by atoms with Crippen LogP contribution in [0.3, 0.4) is 0 Å². The number of nitrogens with zero attached hydrogens (tertiary/aromatic N) is 6. The predicted octanol–water partition coefficient (Wildman–Crippen LogP) is 2.94. The fourth-order valence-electron chi connectivity index (χ4n) is 4.31. The number of carbonyl (C=O) groups excluding carboxylic acids is 2. The van der Waals surface area contributed by atoms with E-state index in [1.165, 1.54) is 35.1 Å². The quantitative estimate of drug-likeness (QED) is 0.443. The molecule has 35 heavy (non-hydrogen) atoms. The van der Waals surface area contributed by atoms with Gasteiger partial charge in [-0.1, -0.05) is 0 Å². The van der Waals surface area contributed by atoms with Crippen LogP contribution in [0.4, 0.5) is 15.8 Å². The normalized spacial score (nSPS) is 16.0. The standard InChI is InChI=1S/C24H25FN8O2/c1-31-7-3-4-17(31)9-23(34)29-16-5-6-19(25)20(8-16)30-24(35)18-11-28-33-14-21(26-12-22(18)33)15-10-27-32(2)13-15/h5-6,8,10-14,17H,3-4,7,9H2,1-2H3,(H,29,34)(H,30,35)/t17-/m0/s1. The summed E-state index contributed by atoms with van der Waals surface area (Å²) in [4.78, 5) is 32.0. The number of rotatable bonds is 6.